The molecule has 1 fully saturated rings. The average Bonchev–Trinajstić information content (AvgIpc) is 3.21. The fraction of sp³-hybridized carbons (Fsp3) is 0.517. The molecule has 0 radical (unpaired) electrons. The molecule has 1 heterocycles. The molecule has 174 valence electrons. The molecule has 0 aliphatic carbocycles. The predicted molar refractivity (Wildman–Crippen MR) is 139 cm³/mol. The topological polar surface area (TPSA) is 32.5 Å². The largest absolute Gasteiger partial charge is 0.363 e. The smallest absolute Gasteiger partial charge is 0.0432 e. The Morgan fingerprint density at radius 1 is 1.03 bits per heavy atom. The Hall–Kier alpha value is -2.10. The Labute approximate surface area is 196 Å². The predicted octanol–water partition coefficient (Wildman–Crippen LogP) is 5.69. The molecule has 2 N–H and O–H groups in total. The highest BCUT2D eigenvalue weighted by molar-refractivity contribution is 5.50. The van der Waals surface area contributed by atoms with Crippen LogP contribution in [0.15, 0.2) is 66.2 Å². The first-order valence-corrected chi connectivity index (χ1v) is 12.4. The minimum atomic E-state index is 0.281. The van der Waals surface area contributed by atoms with Crippen LogP contribution in [-0.2, 0) is 12.8 Å². The Morgan fingerprint density at radius 3 is 2.31 bits per heavy atom. The third-order valence-corrected chi connectivity index (χ3v) is 6.46. The minimum absolute atomic E-state index is 0.281. The molecule has 0 saturated carbocycles. The lowest BCUT2D eigenvalue weighted by atomic mass is 10.0. The normalized spacial score (nSPS) is 17.5. The van der Waals surface area contributed by atoms with Gasteiger partial charge < -0.3 is 10.6 Å². The van der Waals surface area contributed by atoms with Crippen molar-refractivity contribution >= 4 is 5.69 Å². The van der Waals surface area contributed by atoms with Crippen molar-refractivity contribution in [3.63, 3.8) is 0 Å². The number of aryl methyl sites for hydroxylation is 2. The summed E-state index contributed by atoms with van der Waals surface area (Å²) in [5.74, 6) is 0.665. The van der Waals surface area contributed by atoms with Gasteiger partial charge in [0.2, 0.25) is 0 Å². The molecule has 32 heavy (non-hydrogen) atoms. The molecule has 1 aliphatic heterocycles. The molecule has 1 aliphatic rings. The van der Waals surface area contributed by atoms with Crippen LogP contribution in [0.5, 0.6) is 0 Å². The number of allylic oxidation sites excluding steroid dienone is 1. The van der Waals surface area contributed by atoms with Gasteiger partial charge in [0.05, 0.1) is 0 Å². The third kappa shape index (κ3) is 7.79. The molecular formula is C29H43N3. The maximum Gasteiger partial charge on any atom is 0.0432 e. The van der Waals surface area contributed by atoms with Crippen molar-refractivity contribution in [1.29, 1.82) is 0 Å². The first-order valence-electron chi connectivity index (χ1n) is 12.4. The molecule has 1 saturated heterocycles. The number of nitrogens with zero attached hydrogens (tertiary/aromatic N) is 2. The molecule has 0 amide bonds. The maximum absolute atomic E-state index is 6.41. The highest BCUT2D eigenvalue weighted by Gasteiger charge is 2.28. The number of hydrogen-bond donors (Lipinski definition) is 1. The van der Waals surface area contributed by atoms with Crippen LogP contribution >= 0.6 is 0 Å². The third-order valence-electron chi connectivity index (χ3n) is 6.46. The molecule has 2 unspecified atom stereocenters. The number of benzene rings is 2. The monoisotopic (exact) mass is 433 g/mol. The molecule has 0 aromatic heterocycles. The van der Waals surface area contributed by atoms with E-state index in [4.69, 9.17) is 5.73 Å². The zero-order valence-corrected chi connectivity index (χ0v) is 20.6. The average molecular weight is 434 g/mol. The van der Waals surface area contributed by atoms with Gasteiger partial charge in [-0.2, -0.15) is 0 Å². The van der Waals surface area contributed by atoms with Crippen molar-refractivity contribution in [3.8, 4) is 0 Å². The molecular weight excluding hydrogens is 390 g/mol. The van der Waals surface area contributed by atoms with Gasteiger partial charge >= 0.3 is 0 Å². The summed E-state index contributed by atoms with van der Waals surface area (Å²) in [5, 5.41) is 0. The Bertz CT molecular complexity index is 821. The van der Waals surface area contributed by atoms with Gasteiger partial charge in [-0.3, -0.25) is 4.90 Å². The first kappa shape index (κ1) is 24.5. The van der Waals surface area contributed by atoms with E-state index in [0.717, 1.165) is 45.4 Å². The van der Waals surface area contributed by atoms with Crippen molar-refractivity contribution in [1.82, 2.24) is 4.90 Å². The van der Waals surface area contributed by atoms with Gasteiger partial charge in [0.15, 0.2) is 0 Å². The van der Waals surface area contributed by atoms with Crippen LogP contribution in [0.4, 0.5) is 5.69 Å². The second-order valence-electron chi connectivity index (χ2n) is 10.2. The zero-order chi connectivity index (χ0) is 22.9. The number of nitrogens with two attached hydrogens (primary N) is 1. The lowest BCUT2D eigenvalue weighted by molar-refractivity contribution is 0.292. The van der Waals surface area contributed by atoms with E-state index in [2.05, 4.69) is 98.2 Å². The molecule has 2 aromatic carbocycles. The van der Waals surface area contributed by atoms with Crippen molar-refractivity contribution in [2.24, 2.45) is 11.7 Å². The molecule has 3 nitrogen and oxygen atoms in total. The van der Waals surface area contributed by atoms with Gasteiger partial charge in [0, 0.05) is 44.0 Å². The summed E-state index contributed by atoms with van der Waals surface area (Å²) in [7, 11) is 0. The number of rotatable bonds is 11. The molecule has 3 rings (SSSR count). The van der Waals surface area contributed by atoms with Crippen LogP contribution < -0.4 is 10.6 Å². The Morgan fingerprint density at radius 2 is 1.69 bits per heavy atom. The Balaban J connectivity index is 1.63. The van der Waals surface area contributed by atoms with Gasteiger partial charge in [0.1, 0.15) is 0 Å². The molecule has 3 heteroatoms. The van der Waals surface area contributed by atoms with Gasteiger partial charge in [-0.25, -0.2) is 0 Å². The fourth-order valence-corrected chi connectivity index (χ4v) is 4.78. The molecule has 0 spiro atoms. The quantitative estimate of drug-likeness (QED) is 0.462. The Kier molecular flexibility index (Phi) is 9.37. The highest BCUT2D eigenvalue weighted by atomic mass is 15.3. The van der Waals surface area contributed by atoms with Crippen LogP contribution in [0.1, 0.15) is 51.7 Å². The van der Waals surface area contributed by atoms with E-state index in [-0.39, 0.29) is 6.04 Å². The van der Waals surface area contributed by atoms with Gasteiger partial charge in [-0.05, 0) is 68.7 Å². The standard InChI is InChI=1S/C29H43N3/c1-23(2)16-19-32(29-17-18-31(22-29)21-27(30)20-24(3)4)28-14-12-26(13-15-28)11-10-25-8-6-5-7-9-25/h5-9,12-16,24,27,29H,10-11,17-22,30H2,1-4H3. The van der Waals surface area contributed by atoms with E-state index in [1.807, 2.05) is 0 Å². The summed E-state index contributed by atoms with van der Waals surface area (Å²) in [6, 6.07) is 20.9. The number of anilines is 1. The minimum Gasteiger partial charge on any atom is -0.363 e. The van der Waals surface area contributed by atoms with Gasteiger partial charge in [-0.15, -0.1) is 0 Å². The van der Waals surface area contributed by atoms with E-state index >= 15 is 0 Å². The molecule has 2 atom stereocenters. The first-order chi connectivity index (χ1) is 15.4. The number of hydrogen-bond acceptors (Lipinski definition) is 3. The van der Waals surface area contributed by atoms with Crippen molar-refractivity contribution in [2.45, 2.75) is 65.5 Å². The van der Waals surface area contributed by atoms with Crippen molar-refractivity contribution in [2.75, 3.05) is 31.1 Å². The fourth-order valence-electron chi connectivity index (χ4n) is 4.78. The second-order valence-corrected chi connectivity index (χ2v) is 10.2. The second kappa shape index (κ2) is 12.2. The highest BCUT2D eigenvalue weighted by Crippen LogP contribution is 2.25. The van der Waals surface area contributed by atoms with Crippen LogP contribution in [-0.4, -0.2) is 43.2 Å². The summed E-state index contributed by atoms with van der Waals surface area (Å²) in [6.07, 6.45) is 6.85. The lowest BCUT2D eigenvalue weighted by Gasteiger charge is -2.31. The number of likely N-dealkylation sites (tertiary alicyclic amines) is 1. The van der Waals surface area contributed by atoms with Crippen LogP contribution in [0.2, 0.25) is 0 Å². The summed E-state index contributed by atoms with van der Waals surface area (Å²) in [5.41, 5.74) is 11.9. The zero-order valence-electron chi connectivity index (χ0n) is 20.6. The van der Waals surface area contributed by atoms with E-state index in [0.29, 0.717) is 12.0 Å². The maximum atomic E-state index is 6.41. The summed E-state index contributed by atoms with van der Waals surface area (Å²) >= 11 is 0. The summed E-state index contributed by atoms with van der Waals surface area (Å²) < 4.78 is 0. The van der Waals surface area contributed by atoms with E-state index < -0.39 is 0 Å². The van der Waals surface area contributed by atoms with Gasteiger partial charge in [0.25, 0.3) is 0 Å². The van der Waals surface area contributed by atoms with Crippen LogP contribution in [0.25, 0.3) is 0 Å². The van der Waals surface area contributed by atoms with E-state index in [1.54, 1.807) is 0 Å². The van der Waals surface area contributed by atoms with Crippen LogP contribution in [0, 0.1) is 5.92 Å². The van der Waals surface area contributed by atoms with E-state index in [9.17, 15) is 0 Å². The summed E-state index contributed by atoms with van der Waals surface area (Å²) in [4.78, 5) is 5.17. The van der Waals surface area contributed by atoms with Gasteiger partial charge in [-0.1, -0.05) is 68.0 Å². The van der Waals surface area contributed by atoms with Crippen LogP contribution in [0.3, 0.4) is 0 Å². The molecule has 2 aromatic rings. The van der Waals surface area contributed by atoms with Crippen molar-refractivity contribution < 1.29 is 0 Å². The lowest BCUT2D eigenvalue weighted by Crippen LogP contribution is -2.41. The van der Waals surface area contributed by atoms with E-state index in [1.165, 1.54) is 28.8 Å². The summed E-state index contributed by atoms with van der Waals surface area (Å²) in [6.45, 7) is 13.2. The van der Waals surface area contributed by atoms with Crippen molar-refractivity contribution in [3.05, 3.63) is 77.4 Å². The SMILES string of the molecule is CC(C)=CCN(c1ccc(CCc2ccccc2)cc1)C1CCN(CC(N)CC(C)C)C1. The molecule has 0 bridgehead atoms.